The van der Waals surface area contributed by atoms with Crippen LogP contribution in [0.2, 0.25) is 0 Å². The zero-order chi connectivity index (χ0) is 14.5. The van der Waals surface area contributed by atoms with E-state index >= 15 is 0 Å². The Morgan fingerprint density at radius 1 is 1.35 bits per heavy atom. The normalized spacial score (nSPS) is 25.5. The molecule has 0 spiro atoms. The van der Waals surface area contributed by atoms with Gasteiger partial charge in [-0.15, -0.1) is 0 Å². The minimum atomic E-state index is -0.665. The van der Waals surface area contributed by atoms with Crippen molar-refractivity contribution in [1.29, 1.82) is 0 Å². The van der Waals surface area contributed by atoms with E-state index in [1.807, 2.05) is 18.2 Å². The van der Waals surface area contributed by atoms with Crippen LogP contribution in [0.4, 0.5) is 0 Å². The Labute approximate surface area is 123 Å². The van der Waals surface area contributed by atoms with Gasteiger partial charge in [-0.25, -0.2) is 0 Å². The average Bonchev–Trinajstić information content (AvgIpc) is 2.76. The maximum absolute atomic E-state index is 11.8. The third kappa shape index (κ3) is 3.41. The molecule has 1 N–H and O–H groups in total. The summed E-state index contributed by atoms with van der Waals surface area (Å²) >= 11 is 1.73. The van der Waals surface area contributed by atoms with Crippen molar-refractivity contribution < 1.29 is 14.3 Å². The molecule has 1 amide bonds. The number of benzene rings is 1. The van der Waals surface area contributed by atoms with Crippen molar-refractivity contribution >= 4 is 23.5 Å². The van der Waals surface area contributed by atoms with Crippen molar-refractivity contribution in [2.75, 3.05) is 12.9 Å². The van der Waals surface area contributed by atoms with Crippen LogP contribution in [-0.2, 0) is 20.1 Å². The smallest absolute Gasteiger partial charge is 0.233 e. The zero-order valence-electron chi connectivity index (χ0n) is 11.7. The number of carbonyl (C=O) groups excluding carboxylic acids is 2. The number of ether oxygens (including phenoxy) is 1. The molecule has 0 saturated carbocycles. The number of ketones is 1. The minimum Gasteiger partial charge on any atom is -0.378 e. The van der Waals surface area contributed by atoms with Gasteiger partial charge in [0.15, 0.2) is 0 Å². The average molecular weight is 293 g/mol. The molecule has 1 aliphatic heterocycles. The highest BCUT2D eigenvalue weighted by Crippen LogP contribution is 2.24. The Kier molecular flexibility index (Phi) is 5.20. The highest BCUT2D eigenvalue weighted by Gasteiger charge is 2.44. The second-order valence-electron chi connectivity index (χ2n) is 4.90. The summed E-state index contributed by atoms with van der Waals surface area (Å²) in [5.41, 5.74) is 1.25. The lowest BCUT2D eigenvalue weighted by Gasteiger charge is -2.19. The van der Waals surface area contributed by atoms with Gasteiger partial charge in [0, 0.05) is 18.6 Å². The topological polar surface area (TPSA) is 55.4 Å². The molecule has 0 aromatic heterocycles. The van der Waals surface area contributed by atoms with Gasteiger partial charge >= 0.3 is 0 Å². The summed E-state index contributed by atoms with van der Waals surface area (Å²) in [6.07, 6.45) is -0.358. The van der Waals surface area contributed by atoms with Crippen LogP contribution in [0.3, 0.4) is 0 Å². The number of hydrogen-bond donors (Lipinski definition) is 1. The molecule has 0 bridgehead atoms. The highest BCUT2D eigenvalue weighted by atomic mass is 32.2. The van der Waals surface area contributed by atoms with Gasteiger partial charge in [-0.2, -0.15) is 11.8 Å². The molecule has 1 saturated heterocycles. The monoisotopic (exact) mass is 293 g/mol. The minimum absolute atomic E-state index is 0.102. The van der Waals surface area contributed by atoms with Crippen molar-refractivity contribution in [2.45, 2.75) is 24.8 Å². The maximum Gasteiger partial charge on any atom is 0.233 e. The molecule has 0 aliphatic carbocycles. The van der Waals surface area contributed by atoms with E-state index in [4.69, 9.17) is 4.74 Å². The largest absolute Gasteiger partial charge is 0.378 e. The van der Waals surface area contributed by atoms with Crippen molar-refractivity contribution in [1.82, 2.24) is 5.32 Å². The summed E-state index contributed by atoms with van der Waals surface area (Å²) in [6.45, 7) is 1.44. The van der Waals surface area contributed by atoms with Crippen LogP contribution in [0.1, 0.15) is 12.5 Å². The third-order valence-corrected chi connectivity index (χ3v) is 4.59. The number of hydrogen-bond acceptors (Lipinski definition) is 4. The van der Waals surface area contributed by atoms with Crippen LogP contribution in [0, 0.1) is 5.92 Å². The lowest BCUT2D eigenvalue weighted by Crippen LogP contribution is -2.36. The summed E-state index contributed by atoms with van der Waals surface area (Å²) in [5, 5.41) is 2.87. The van der Waals surface area contributed by atoms with Crippen molar-refractivity contribution in [3.05, 3.63) is 35.9 Å². The molecule has 1 fully saturated rings. The van der Waals surface area contributed by atoms with E-state index in [0.717, 1.165) is 11.5 Å². The van der Waals surface area contributed by atoms with Gasteiger partial charge in [0.05, 0.1) is 12.1 Å². The molecule has 108 valence electrons. The second-order valence-corrected chi connectivity index (χ2v) is 5.93. The predicted molar refractivity (Wildman–Crippen MR) is 79.5 cm³/mol. The predicted octanol–water partition coefficient (Wildman–Crippen LogP) is 1.64. The zero-order valence-corrected chi connectivity index (χ0v) is 12.5. The standard InChI is InChI=1S/C15H19NO3S/c1-10(17)13-14(19-2)12(16-15(13)18)9-20-8-11-6-4-3-5-7-11/h3-7,12-14H,8-9H2,1-2H3,(H,16,18)/t12-,13?,14?/m0/s1. The lowest BCUT2D eigenvalue weighted by atomic mass is 9.98. The molecule has 5 heteroatoms. The second kappa shape index (κ2) is 6.90. The van der Waals surface area contributed by atoms with Gasteiger partial charge in [-0.3, -0.25) is 9.59 Å². The highest BCUT2D eigenvalue weighted by molar-refractivity contribution is 7.98. The Bertz CT molecular complexity index is 477. The summed E-state index contributed by atoms with van der Waals surface area (Å²) in [6, 6.07) is 10.1. The fourth-order valence-corrected chi connectivity index (χ4v) is 3.54. The van der Waals surface area contributed by atoms with E-state index in [1.54, 1.807) is 18.9 Å². The number of amides is 1. The summed E-state index contributed by atoms with van der Waals surface area (Å²) in [7, 11) is 1.55. The Balaban J connectivity index is 1.89. The molecule has 1 aromatic carbocycles. The SMILES string of the molecule is COC1C(C(C)=O)C(=O)N[C@H]1CSCc1ccccc1. The molecule has 1 aliphatic rings. The first-order chi connectivity index (χ1) is 9.63. The molecule has 0 radical (unpaired) electrons. The van der Waals surface area contributed by atoms with Crippen LogP contribution in [-0.4, -0.2) is 36.7 Å². The van der Waals surface area contributed by atoms with Gasteiger partial charge in [-0.05, 0) is 12.5 Å². The van der Waals surface area contributed by atoms with E-state index in [1.165, 1.54) is 12.5 Å². The molecule has 4 nitrogen and oxygen atoms in total. The first-order valence-corrected chi connectivity index (χ1v) is 7.74. The lowest BCUT2D eigenvalue weighted by molar-refractivity contribution is -0.133. The van der Waals surface area contributed by atoms with E-state index < -0.39 is 5.92 Å². The van der Waals surface area contributed by atoms with Crippen LogP contribution in [0.5, 0.6) is 0 Å². The first-order valence-electron chi connectivity index (χ1n) is 6.58. The summed E-state index contributed by atoms with van der Waals surface area (Å²) in [4.78, 5) is 23.3. The fraction of sp³-hybridized carbons (Fsp3) is 0.467. The maximum atomic E-state index is 11.8. The summed E-state index contributed by atoms with van der Waals surface area (Å²) in [5.74, 6) is 0.610. The van der Waals surface area contributed by atoms with E-state index in [-0.39, 0.29) is 23.8 Å². The fourth-order valence-electron chi connectivity index (χ4n) is 2.47. The molecule has 2 unspecified atom stereocenters. The quantitative estimate of drug-likeness (QED) is 0.810. The van der Waals surface area contributed by atoms with Gasteiger partial charge in [0.25, 0.3) is 0 Å². The van der Waals surface area contributed by atoms with Gasteiger partial charge in [-0.1, -0.05) is 30.3 Å². The number of carbonyl (C=O) groups is 2. The molecule has 2 rings (SSSR count). The number of thioether (sulfide) groups is 1. The van der Waals surface area contributed by atoms with Gasteiger partial charge in [0.1, 0.15) is 11.7 Å². The van der Waals surface area contributed by atoms with Crippen molar-refractivity contribution in [3.63, 3.8) is 0 Å². The molecular formula is C15H19NO3S. The number of methoxy groups -OCH3 is 1. The molecule has 1 heterocycles. The van der Waals surface area contributed by atoms with E-state index in [0.29, 0.717) is 0 Å². The van der Waals surface area contributed by atoms with Crippen LogP contribution in [0.15, 0.2) is 30.3 Å². The molecule has 20 heavy (non-hydrogen) atoms. The first kappa shape index (κ1) is 15.1. The van der Waals surface area contributed by atoms with Gasteiger partial charge in [0.2, 0.25) is 5.91 Å². The van der Waals surface area contributed by atoms with Crippen molar-refractivity contribution in [3.8, 4) is 0 Å². The summed E-state index contributed by atoms with van der Waals surface area (Å²) < 4.78 is 5.35. The Hall–Kier alpha value is -1.33. The van der Waals surface area contributed by atoms with Crippen LogP contribution >= 0.6 is 11.8 Å². The molecule has 3 atom stereocenters. The van der Waals surface area contributed by atoms with Gasteiger partial charge < -0.3 is 10.1 Å². The number of Topliss-reactive ketones (excluding diaryl/α,β-unsaturated/α-hetero) is 1. The molecule has 1 aromatic rings. The van der Waals surface area contributed by atoms with Crippen LogP contribution < -0.4 is 5.32 Å². The van der Waals surface area contributed by atoms with Crippen molar-refractivity contribution in [2.24, 2.45) is 5.92 Å². The third-order valence-electron chi connectivity index (χ3n) is 3.45. The number of rotatable bonds is 6. The van der Waals surface area contributed by atoms with E-state index in [2.05, 4.69) is 17.4 Å². The number of nitrogens with one attached hydrogen (secondary N) is 1. The Morgan fingerprint density at radius 2 is 2.05 bits per heavy atom. The van der Waals surface area contributed by atoms with E-state index in [9.17, 15) is 9.59 Å². The van der Waals surface area contributed by atoms with Crippen LogP contribution in [0.25, 0.3) is 0 Å². The molecular weight excluding hydrogens is 274 g/mol. The Morgan fingerprint density at radius 3 is 2.65 bits per heavy atom.